The maximum atomic E-state index is 13.9. The van der Waals surface area contributed by atoms with Crippen LogP contribution in [0.1, 0.15) is 12.0 Å². The van der Waals surface area contributed by atoms with Crippen molar-refractivity contribution in [1.82, 2.24) is 0 Å². The normalized spacial score (nSPS) is 17.2. The molecule has 1 atom stereocenters. The molecule has 0 saturated heterocycles. The Labute approximate surface area is 132 Å². The summed E-state index contributed by atoms with van der Waals surface area (Å²) < 4.78 is 19.8. The van der Waals surface area contributed by atoms with Crippen LogP contribution in [0.4, 0.5) is 4.39 Å². The zero-order valence-corrected chi connectivity index (χ0v) is 12.7. The highest BCUT2D eigenvalue weighted by molar-refractivity contribution is 6.39. The van der Waals surface area contributed by atoms with Gasteiger partial charge in [0.2, 0.25) is 0 Å². The molecule has 5 heteroatoms. The third-order valence-corrected chi connectivity index (χ3v) is 4.28. The maximum Gasteiger partial charge on any atom is 0.131 e. The minimum atomic E-state index is -0.325. The Morgan fingerprint density at radius 2 is 1.95 bits per heavy atom. The summed E-state index contributed by atoms with van der Waals surface area (Å²) in [6.45, 7) is 0.423. The summed E-state index contributed by atoms with van der Waals surface area (Å²) in [7, 11) is 0. The van der Waals surface area contributed by atoms with Crippen molar-refractivity contribution in [3.63, 3.8) is 0 Å². The molecule has 2 nitrogen and oxygen atoms in total. The van der Waals surface area contributed by atoms with Gasteiger partial charge in [-0.3, -0.25) is 0 Å². The molecule has 0 aromatic heterocycles. The average molecular weight is 326 g/mol. The fraction of sp³-hybridized carbons (Fsp3) is 0.250. The van der Waals surface area contributed by atoms with Crippen LogP contribution in [-0.4, -0.2) is 12.6 Å². The van der Waals surface area contributed by atoms with Crippen LogP contribution in [0.5, 0.6) is 5.75 Å². The predicted octanol–water partition coefficient (Wildman–Crippen LogP) is 4.45. The molecular formula is C16H14Cl2FNO. The van der Waals surface area contributed by atoms with Gasteiger partial charge in [0, 0.05) is 17.7 Å². The third-order valence-electron chi connectivity index (χ3n) is 3.65. The summed E-state index contributed by atoms with van der Waals surface area (Å²) in [6.07, 6.45) is 1.44. The highest BCUT2D eigenvalue weighted by Gasteiger charge is 2.25. The number of nitrogens with two attached hydrogens (primary N) is 1. The SMILES string of the molecule is NCC1CCc2cc(F)cc(-c3c(Cl)cccc3Cl)c2O1. The van der Waals surface area contributed by atoms with Crippen molar-refractivity contribution in [2.75, 3.05) is 6.54 Å². The van der Waals surface area contributed by atoms with Crippen LogP contribution in [0, 0.1) is 5.82 Å². The van der Waals surface area contributed by atoms with Gasteiger partial charge in [-0.25, -0.2) is 4.39 Å². The zero-order chi connectivity index (χ0) is 15.0. The van der Waals surface area contributed by atoms with Crippen molar-refractivity contribution in [3.8, 4) is 16.9 Å². The Morgan fingerprint density at radius 3 is 2.62 bits per heavy atom. The van der Waals surface area contributed by atoms with Crippen molar-refractivity contribution >= 4 is 23.2 Å². The molecule has 1 heterocycles. The molecule has 0 fully saturated rings. The fourth-order valence-corrected chi connectivity index (χ4v) is 3.22. The van der Waals surface area contributed by atoms with Crippen LogP contribution in [0.3, 0.4) is 0 Å². The van der Waals surface area contributed by atoms with Crippen molar-refractivity contribution in [2.45, 2.75) is 18.9 Å². The zero-order valence-electron chi connectivity index (χ0n) is 11.2. The van der Waals surface area contributed by atoms with Crippen molar-refractivity contribution in [1.29, 1.82) is 0 Å². The molecule has 110 valence electrons. The quantitative estimate of drug-likeness (QED) is 0.885. The van der Waals surface area contributed by atoms with Crippen molar-refractivity contribution in [3.05, 3.63) is 51.8 Å². The molecular weight excluding hydrogens is 312 g/mol. The molecule has 1 aliphatic rings. The molecule has 0 saturated carbocycles. The van der Waals surface area contributed by atoms with E-state index in [0.29, 0.717) is 33.5 Å². The van der Waals surface area contributed by atoms with E-state index in [1.165, 1.54) is 12.1 Å². The van der Waals surface area contributed by atoms with Gasteiger partial charge < -0.3 is 10.5 Å². The molecule has 2 aromatic carbocycles. The van der Waals surface area contributed by atoms with Crippen LogP contribution in [0.2, 0.25) is 10.0 Å². The standard InChI is InChI=1S/C16H14Cl2FNO/c17-13-2-1-3-14(18)15(13)12-7-10(19)6-9-4-5-11(8-20)21-16(9)12/h1-3,6-7,11H,4-5,8,20H2. The van der Waals surface area contributed by atoms with E-state index in [2.05, 4.69) is 0 Å². The van der Waals surface area contributed by atoms with Crippen LogP contribution in [0.25, 0.3) is 11.1 Å². The first-order valence-corrected chi connectivity index (χ1v) is 7.49. The molecule has 0 spiro atoms. The third kappa shape index (κ3) is 2.73. The lowest BCUT2D eigenvalue weighted by atomic mass is 9.95. The summed E-state index contributed by atoms with van der Waals surface area (Å²) in [5.74, 6) is 0.308. The van der Waals surface area contributed by atoms with Crippen LogP contribution in [-0.2, 0) is 6.42 Å². The van der Waals surface area contributed by atoms with E-state index >= 15 is 0 Å². The van der Waals surface area contributed by atoms with E-state index in [-0.39, 0.29) is 11.9 Å². The molecule has 0 radical (unpaired) electrons. The number of benzene rings is 2. The number of hydrogen-bond donors (Lipinski definition) is 1. The Morgan fingerprint density at radius 1 is 1.24 bits per heavy atom. The number of rotatable bonds is 2. The summed E-state index contributed by atoms with van der Waals surface area (Å²) in [4.78, 5) is 0. The summed E-state index contributed by atoms with van der Waals surface area (Å²) >= 11 is 12.5. The largest absolute Gasteiger partial charge is 0.488 e. The topological polar surface area (TPSA) is 35.2 Å². The van der Waals surface area contributed by atoms with E-state index in [1.807, 2.05) is 0 Å². The second kappa shape index (κ2) is 5.84. The van der Waals surface area contributed by atoms with Gasteiger partial charge in [-0.1, -0.05) is 29.3 Å². The lowest BCUT2D eigenvalue weighted by Crippen LogP contribution is -2.30. The predicted molar refractivity (Wildman–Crippen MR) is 83.6 cm³/mol. The molecule has 0 aliphatic carbocycles. The van der Waals surface area contributed by atoms with E-state index < -0.39 is 0 Å². The number of hydrogen-bond acceptors (Lipinski definition) is 2. The first-order valence-electron chi connectivity index (χ1n) is 6.73. The van der Waals surface area contributed by atoms with Gasteiger partial charge >= 0.3 is 0 Å². The monoisotopic (exact) mass is 325 g/mol. The summed E-state index contributed by atoms with van der Waals surface area (Å²) in [5.41, 5.74) is 7.69. The van der Waals surface area contributed by atoms with Crippen molar-refractivity contribution in [2.24, 2.45) is 5.73 Å². The van der Waals surface area contributed by atoms with Gasteiger partial charge in [0.15, 0.2) is 0 Å². The highest BCUT2D eigenvalue weighted by atomic mass is 35.5. The van der Waals surface area contributed by atoms with E-state index in [4.69, 9.17) is 33.7 Å². The molecule has 0 bridgehead atoms. The minimum Gasteiger partial charge on any atom is -0.488 e. The van der Waals surface area contributed by atoms with Gasteiger partial charge in [-0.2, -0.15) is 0 Å². The van der Waals surface area contributed by atoms with E-state index in [0.717, 1.165) is 18.4 Å². The molecule has 2 N–H and O–H groups in total. The van der Waals surface area contributed by atoms with E-state index in [1.54, 1.807) is 18.2 Å². The molecule has 2 aromatic rings. The van der Waals surface area contributed by atoms with Crippen LogP contribution < -0.4 is 10.5 Å². The van der Waals surface area contributed by atoms with Crippen LogP contribution in [0.15, 0.2) is 30.3 Å². The Balaban J connectivity index is 2.21. The Hall–Kier alpha value is -1.29. The number of ether oxygens (including phenoxy) is 1. The van der Waals surface area contributed by atoms with E-state index in [9.17, 15) is 4.39 Å². The van der Waals surface area contributed by atoms with Gasteiger partial charge in [0.05, 0.1) is 10.0 Å². The second-order valence-electron chi connectivity index (χ2n) is 5.05. The van der Waals surface area contributed by atoms with Crippen LogP contribution >= 0.6 is 23.2 Å². The summed E-state index contributed by atoms with van der Waals surface area (Å²) in [5, 5.41) is 0.933. The lowest BCUT2D eigenvalue weighted by molar-refractivity contribution is 0.182. The lowest BCUT2D eigenvalue weighted by Gasteiger charge is -2.27. The Bertz CT molecular complexity index is 670. The minimum absolute atomic E-state index is 0.0667. The first-order chi connectivity index (χ1) is 10.1. The van der Waals surface area contributed by atoms with Crippen molar-refractivity contribution < 1.29 is 9.13 Å². The number of halogens is 3. The fourth-order valence-electron chi connectivity index (χ4n) is 2.62. The second-order valence-corrected chi connectivity index (χ2v) is 5.87. The van der Waals surface area contributed by atoms with Gasteiger partial charge in [-0.05, 0) is 42.7 Å². The number of aryl methyl sites for hydroxylation is 1. The molecule has 1 unspecified atom stereocenters. The maximum absolute atomic E-state index is 13.9. The smallest absolute Gasteiger partial charge is 0.131 e. The van der Waals surface area contributed by atoms with Gasteiger partial charge in [-0.15, -0.1) is 0 Å². The van der Waals surface area contributed by atoms with Gasteiger partial charge in [0.1, 0.15) is 17.7 Å². The highest BCUT2D eigenvalue weighted by Crippen LogP contribution is 2.43. The summed E-state index contributed by atoms with van der Waals surface area (Å²) in [6, 6.07) is 8.11. The molecule has 3 rings (SSSR count). The molecule has 21 heavy (non-hydrogen) atoms. The first kappa shape index (κ1) is 14.6. The Kier molecular flexibility index (Phi) is 4.07. The number of fused-ring (bicyclic) bond motifs is 1. The molecule has 1 aliphatic heterocycles. The molecule has 0 amide bonds. The van der Waals surface area contributed by atoms with Gasteiger partial charge in [0.25, 0.3) is 0 Å². The average Bonchev–Trinajstić information content (AvgIpc) is 2.46.